The number of hydrogen-bond acceptors (Lipinski definition) is 4. The van der Waals surface area contributed by atoms with Crippen molar-refractivity contribution in [1.29, 1.82) is 0 Å². The van der Waals surface area contributed by atoms with Gasteiger partial charge in [-0.15, -0.1) is 0 Å². The summed E-state index contributed by atoms with van der Waals surface area (Å²) >= 11 is 0. The van der Waals surface area contributed by atoms with Gasteiger partial charge in [0.05, 0.1) is 12.1 Å². The molecular formula is C23H22N4O3. The number of hydrogen-bond donors (Lipinski definition) is 4. The van der Waals surface area contributed by atoms with E-state index in [0.29, 0.717) is 6.54 Å². The molecule has 2 aromatic heterocycles. The van der Waals surface area contributed by atoms with Crippen LogP contribution in [0.25, 0.3) is 10.9 Å². The van der Waals surface area contributed by atoms with E-state index in [-0.39, 0.29) is 11.4 Å². The zero-order valence-electron chi connectivity index (χ0n) is 16.5. The van der Waals surface area contributed by atoms with Gasteiger partial charge in [-0.3, -0.25) is 14.3 Å². The van der Waals surface area contributed by atoms with Gasteiger partial charge in [0.2, 0.25) is 5.88 Å². The van der Waals surface area contributed by atoms with E-state index in [0.717, 1.165) is 34.1 Å². The third kappa shape index (κ3) is 2.78. The Morgan fingerprint density at radius 2 is 1.77 bits per heavy atom. The Hall–Kier alpha value is -3.58. The van der Waals surface area contributed by atoms with Crippen molar-refractivity contribution < 1.29 is 5.11 Å². The van der Waals surface area contributed by atoms with Gasteiger partial charge < -0.3 is 15.4 Å². The van der Waals surface area contributed by atoms with Crippen LogP contribution in [0.5, 0.6) is 5.88 Å². The van der Waals surface area contributed by atoms with Crippen LogP contribution in [0.2, 0.25) is 0 Å². The molecule has 4 aromatic rings. The molecular weight excluding hydrogens is 380 g/mol. The Balaban J connectivity index is 1.70. The number of H-pyrrole nitrogens is 2. The molecule has 2 atom stereocenters. The van der Waals surface area contributed by atoms with Gasteiger partial charge in [0, 0.05) is 23.1 Å². The third-order valence-electron chi connectivity index (χ3n) is 5.97. The molecule has 7 nitrogen and oxygen atoms in total. The Morgan fingerprint density at radius 1 is 1.03 bits per heavy atom. The molecule has 0 fully saturated rings. The highest BCUT2D eigenvalue weighted by molar-refractivity contribution is 5.85. The highest BCUT2D eigenvalue weighted by Crippen LogP contribution is 2.35. The molecule has 7 heteroatoms. The van der Waals surface area contributed by atoms with E-state index in [1.165, 1.54) is 4.57 Å². The number of aromatic hydroxyl groups is 1. The molecule has 0 bridgehead atoms. The van der Waals surface area contributed by atoms with E-state index in [9.17, 15) is 14.7 Å². The highest BCUT2D eigenvalue weighted by Gasteiger charge is 2.31. The molecule has 0 aliphatic carbocycles. The Bertz CT molecular complexity index is 1350. The SMILES string of the molecule is C[C@@H](c1ccccc1)n1c(O)c([C@@H]2NCCc3c2[nH]c2ccccc32)c(=O)[nH]c1=O. The highest BCUT2D eigenvalue weighted by atomic mass is 16.3. The Labute approximate surface area is 172 Å². The molecule has 0 spiro atoms. The summed E-state index contributed by atoms with van der Waals surface area (Å²) in [6.45, 7) is 2.48. The summed E-state index contributed by atoms with van der Waals surface area (Å²) in [5.74, 6) is -0.316. The smallest absolute Gasteiger partial charge is 0.331 e. The zero-order chi connectivity index (χ0) is 20.8. The molecule has 0 saturated carbocycles. The fourth-order valence-corrected chi connectivity index (χ4v) is 4.48. The van der Waals surface area contributed by atoms with Gasteiger partial charge in [0.1, 0.15) is 5.56 Å². The fourth-order valence-electron chi connectivity index (χ4n) is 4.48. The quantitative estimate of drug-likeness (QED) is 0.423. The van der Waals surface area contributed by atoms with Crippen molar-refractivity contribution in [3.8, 4) is 5.88 Å². The Morgan fingerprint density at radius 3 is 2.57 bits per heavy atom. The summed E-state index contributed by atoms with van der Waals surface area (Å²) in [6, 6.07) is 16.4. The largest absolute Gasteiger partial charge is 0.494 e. The number of nitrogens with zero attached hydrogens (tertiary/aromatic N) is 1. The van der Waals surface area contributed by atoms with Crippen LogP contribution in [-0.2, 0) is 6.42 Å². The molecule has 4 N–H and O–H groups in total. The van der Waals surface area contributed by atoms with Gasteiger partial charge in [-0.1, -0.05) is 48.5 Å². The van der Waals surface area contributed by atoms with E-state index < -0.39 is 23.3 Å². The number of aromatic nitrogens is 3. The second kappa shape index (κ2) is 7.03. The van der Waals surface area contributed by atoms with Crippen molar-refractivity contribution in [1.82, 2.24) is 19.9 Å². The summed E-state index contributed by atoms with van der Waals surface area (Å²) in [6.07, 6.45) is 0.814. The lowest BCUT2D eigenvalue weighted by Gasteiger charge is -2.26. The average Bonchev–Trinajstić information content (AvgIpc) is 3.13. The summed E-state index contributed by atoms with van der Waals surface area (Å²) in [4.78, 5) is 31.2. The van der Waals surface area contributed by atoms with E-state index in [2.05, 4.69) is 21.4 Å². The topological polar surface area (TPSA) is 103 Å². The summed E-state index contributed by atoms with van der Waals surface area (Å²) in [5, 5.41) is 15.6. The van der Waals surface area contributed by atoms with E-state index in [1.54, 1.807) is 0 Å². The van der Waals surface area contributed by atoms with Crippen LogP contribution in [0.3, 0.4) is 0 Å². The lowest BCUT2D eigenvalue weighted by molar-refractivity contribution is 0.372. The van der Waals surface area contributed by atoms with Gasteiger partial charge in [0.25, 0.3) is 5.56 Å². The van der Waals surface area contributed by atoms with Crippen LogP contribution in [0.15, 0.2) is 64.2 Å². The first-order valence-corrected chi connectivity index (χ1v) is 10.0. The lowest BCUT2D eigenvalue weighted by Crippen LogP contribution is -2.39. The third-order valence-corrected chi connectivity index (χ3v) is 5.97. The Kier molecular flexibility index (Phi) is 4.33. The molecule has 0 amide bonds. The second-order valence-electron chi connectivity index (χ2n) is 7.65. The standard InChI is InChI=1S/C23H22N4O3/c1-13(14-7-3-2-4-8-14)27-22(29)18(21(28)26-23(27)30)20-19-16(11-12-24-20)15-9-5-6-10-17(15)25-19/h2-10,13,20,24-25,29H,11-12H2,1H3,(H,26,28,30)/t13-,20-/m0/s1. The first-order chi connectivity index (χ1) is 14.6. The molecule has 1 aliphatic rings. The molecule has 0 unspecified atom stereocenters. The number of rotatable bonds is 3. The first-order valence-electron chi connectivity index (χ1n) is 10.0. The number of para-hydroxylation sites is 1. The summed E-state index contributed by atoms with van der Waals surface area (Å²) in [7, 11) is 0. The zero-order valence-corrected chi connectivity index (χ0v) is 16.5. The number of fused-ring (bicyclic) bond motifs is 3. The van der Waals surface area contributed by atoms with Crippen molar-refractivity contribution in [3.05, 3.63) is 97.8 Å². The van der Waals surface area contributed by atoms with Gasteiger partial charge in [-0.2, -0.15) is 0 Å². The predicted molar refractivity (Wildman–Crippen MR) is 115 cm³/mol. The molecule has 0 radical (unpaired) electrons. The monoisotopic (exact) mass is 402 g/mol. The van der Waals surface area contributed by atoms with Crippen LogP contribution >= 0.6 is 0 Å². The molecule has 1 aliphatic heterocycles. The van der Waals surface area contributed by atoms with Crippen LogP contribution in [0, 0.1) is 0 Å². The van der Waals surface area contributed by atoms with Gasteiger partial charge in [-0.05, 0) is 30.5 Å². The van der Waals surface area contributed by atoms with Crippen molar-refractivity contribution in [2.75, 3.05) is 6.54 Å². The van der Waals surface area contributed by atoms with Crippen molar-refractivity contribution in [2.24, 2.45) is 0 Å². The van der Waals surface area contributed by atoms with Crippen LogP contribution in [0.1, 0.15) is 41.4 Å². The predicted octanol–water partition coefficient (Wildman–Crippen LogP) is 2.57. The van der Waals surface area contributed by atoms with Gasteiger partial charge >= 0.3 is 5.69 Å². The van der Waals surface area contributed by atoms with Crippen LogP contribution in [-0.4, -0.2) is 26.2 Å². The van der Waals surface area contributed by atoms with E-state index >= 15 is 0 Å². The maximum Gasteiger partial charge on any atom is 0.331 e. The molecule has 30 heavy (non-hydrogen) atoms. The normalized spacial score (nSPS) is 17.0. The molecule has 0 saturated heterocycles. The summed E-state index contributed by atoms with van der Waals surface area (Å²) in [5.41, 5.74) is 2.74. The van der Waals surface area contributed by atoms with Crippen LogP contribution < -0.4 is 16.6 Å². The molecule has 2 aromatic carbocycles. The van der Waals surface area contributed by atoms with Crippen molar-refractivity contribution in [3.63, 3.8) is 0 Å². The van der Waals surface area contributed by atoms with Gasteiger partial charge in [-0.25, -0.2) is 4.79 Å². The molecule has 152 valence electrons. The molecule has 3 heterocycles. The van der Waals surface area contributed by atoms with E-state index in [4.69, 9.17) is 0 Å². The van der Waals surface area contributed by atoms with Crippen LogP contribution in [0.4, 0.5) is 0 Å². The minimum Gasteiger partial charge on any atom is -0.494 e. The summed E-state index contributed by atoms with van der Waals surface area (Å²) < 4.78 is 1.24. The number of aromatic amines is 2. The minimum absolute atomic E-state index is 0.143. The van der Waals surface area contributed by atoms with Gasteiger partial charge in [0.15, 0.2) is 0 Å². The number of nitrogens with one attached hydrogen (secondary N) is 3. The number of benzene rings is 2. The molecule has 5 rings (SSSR count). The maximum absolute atomic E-state index is 12.8. The van der Waals surface area contributed by atoms with Crippen molar-refractivity contribution in [2.45, 2.75) is 25.4 Å². The average molecular weight is 402 g/mol. The lowest BCUT2D eigenvalue weighted by atomic mass is 9.95. The van der Waals surface area contributed by atoms with Crippen molar-refractivity contribution >= 4 is 10.9 Å². The second-order valence-corrected chi connectivity index (χ2v) is 7.65. The fraction of sp³-hybridized carbons (Fsp3) is 0.217. The van der Waals surface area contributed by atoms with E-state index in [1.807, 2.05) is 55.5 Å². The minimum atomic E-state index is -0.634. The first kappa shape index (κ1) is 18.4. The maximum atomic E-state index is 12.8.